The van der Waals surface area contributed by atoms with Gasteiger partial charge in [-0.15, -0.1) is 0 Å². The maximum atomic E-state index is 13.0. The molecular weight excluding hydrogens is 458 g/mol. The molecule has 7 heteroatoms. The minimum atomic E-state index is -3.92. The molecular formula is C26H20ClNO4S. The van der Waals surface area contributed by atoms with Gasteiger partial charge in [-0.3, -0.25) is 4.72 Å². The molecule has 0 amide bonds. The molecule has 0 aromatic heterocycles. The highest BCUT2D eigenvalue weighted by Crippen LogP contribution is 2.38. The second-order valence-corrected chi connectivity index (χ2v) is 9.31. The van der Waals surface area contributed by atoms with Crippen LogP contribution in [0.15, 0.2) is 108 Å². The Balaban J connectivity index is 1.73. The number of carbonyl (C=O) groups excluding carboxylic acids is 1. The molecule has 5 nitrogen and oxygen atoms in total. The zero-order chi connectivity index (χ0) is 23.3. The van der Waals surface area contributed by atoms with E-state index in [-0.39, 0.29) is 21.4 Å². The van der Waals surface area contributed by atoms with Crippen molar-refractivity contribution in [2.24, 2.45) is 0 Å². The van der Waals surface area contributed by atoms with Gasteiger partial charge in [-0.05, 0) is 47.9 Å². The van der Waals surface area contributed by atoms with Crippen LogP contribution in [0.25, 0.3) is 0 Å². The van der Waals surface area contributed by atoms with E-state index in [0.29, 0.717) is 17.5 Å². The molecule has 0 saturated carbocycles. The van der Waals surface area contributed by atoms with Crippen LogP contribution in [-0.2, 0) is 16.4 Å². The van der Waals surface area contributed by atoms with Gasteiger partial charge in [0.15, 0.2) is 5.75 Å². The van der Waals surface area contributed by atoms with Crippen LogP contribution in [0.2, 0.25) is 5.02 Å². The largest absolute Gasteiger partial charge is 0.421 e. The van der Waals surface area contributed by atoms with Crippen LogP contribution < -0.4 is 9.46 Å². The number of hydrogen-bond acceptors (Lipinski definition) is 4. The van der Waals surface area contributed by atoms with Crippen molar-refractivity contribution in [2.75, 3.05) is 4.72 Å². The summed E-state index contributed by atoms with van der Waals surface area (Å²) in [7, 11) is -3.92. The van der Waals surface area contributed by atoms with Gasteiger partial charge in [0.1, 0.15) is 5.02 Å². The first kappa shape index (κ1) is 22.6. The number of hydrogen-bond donors (Lipinski definition) is 1. The second kappa shape index (κ2) is 9.90. The molecule has 0 bridgehead atoms. The minimum Gasteiger partial charge on any atom is -0.421 e. The Kier molecular flexibility index (Phi) is 6.77. The number of esters is 1. The van der Waals surface area contributed by atoms with E-state index in [2.05, 4.69) is 4.72 Å². The molecule has 4 aromatic carbocycles. The molecule has 0 unspecified atom stereocenters. The number of anilines is 1. The highest BCUT2D eigenvalue weighted by molar-refractivity contribution is 7.92. The van der Waals surface area contributed by atoms with Crippen LogP contribution in [0.5, 0.6) is 5.75 Å². The first-order chi connectivity index (χ1) is 15.9. The van der Waals surface area contributed by atoms with Crippen LogP contribution in [-0.4, -0.2) is 14.4 Å². The van der Waals surface area contributed by atoms with Gasteiger partial charge in [0.25, 0.3) is 10.0 Å². The lowest BCUT2D eigenvalue weighted by Crippen LogP contribution is -2.16. The average Bonchev–Trinajstić information content (AvgIpc) is 2.85. The molecule has 166 valence electrons. The molecule has 33 heavy (non-hydrogen) atoms. The van der Waals surface area contributed by atoms with Crippen molar-refractivity contribution in [3.05, 3.63) is 125 Å². The van der Waals surface area contributed by atoms with E-state index in [4.69, 9.17) is 16.3 Å². The average molecular weight is 478 g/mol. The standard InChI is InChI=1S/C26H20ClNO4S/c27-24-23(32-26(29)20-12-6-2-7-13-20)17-16-21(18-19-10-4-1-5-11-19)25(24)28-33(30,31)22-14-8-3-9-15-22/h1-17,28H,18H2. The van der Waals surface area contributed by atoms with Gasteiger partial charge in [0.05, 0.1) is 16.1 Å². The summed E-state index contributed by atoms with van der Waals surface area (Å²) in [6.07, 6.45) is 0.431. The number of ether oxygens (including phenoxy) is 1. The van der Waals surface area contributed by atoms with Crippen molar-refractivity contribution < 1.29 is 17.9 Å². The van der Waals surface area contributed by atoms with E-state index in [1.807, 2.05) is 30.3 Å². The van der Waals surface area contributed by atoms with Crippen molar-refractivity contribution in [1.82, 2.24) is 0 Å². The molecule has 0 aliphatic heterocycles. The summed E-state index contributed by atoms with van der Waals surface area (Å²) in [4.78, 5) is 12.6. The van der Waals surface area contributed by atoms with Gasteiger partial charge in [-0.1, -0.05) is 84.4 Å². The fourth-order valence-electron chi connectivity index (χ4n) is 3.28. The Hall–Kier alpha value is -3.61. The molecule has 1 N–H and O–H groups in total. The quantitative estimate of drug-likeness (QED) is 0.263. The zero-order valence-electron chi connectivity index (χ0n) is 17.4. The molecule has 0 spiro atoms. The smallest absolute Gasteiger partial charge is 0.343 e. The summed E-state index contributed by atoms with van der Waals surface area (Å²) >= 11 is 6.60. The Labute approximate surface area is 197 Å². The van der Waals surface area contributed by atoms with Crippen molar-refractivity contribution in [2.45, 2.75) is 11.3 Å². The van der Waals surface area contributed by atoms with E-state index in [9.17, 15) is 13.2 Å². The van der Waals surface area contributed by atoms with E-state index in [1.54, 1.807) is 60.7 Å². The normalized spacial score (nSPS) is 11.1. The number of sulfonamides is 1. The number of benzene rings is 4. The SMILES string of the molecule is O=C(Oc1ccc(Cc2ccccc2)c(NS(=O)(=O)c2ccccc2)c1Cl)c1ccccc1. The summed E-state index contributed by atoms with van der Waals surface area (Å²) in [5.74, 6) is -0.529. The van der Waals surface area contributed by atoms with Gasteiger partial charge in [-0.2, -0.15) is 0 Å². The summed E-state index contributed by atoms with van der Waals surface area (Å²) in [6.45, 7) is 0. The van der Waals surface area contributed by atoms with Gasteiger partial charge in [0.2, 0.25) is 0 Å². The van der Waals surface area contributed by atoms with E-state index in [1.165, 1.54) is 12.1 Å². The Morgan fingerprint density at radius 1 is 0.788 bits per heavy atom. The van der Waals surface area contributed by atoms with Crippen LogP contribution in [0.4, 0.5) is 5.69 Å². The minimum absolute atomic E-state index is 0.00668. The fraction of sp³-hybridized carbons (Fsp3) is 0.0385. The predicted molar refractivity (Wildman–Crippen MR) is 129 cm³/mol. The number of halogens is 1. The molecule has 0 heterocycles. The zero-order valence-corrected chi connectivity index (χ0v) is 19.0. The topological polar surface area (TPSA) is 72.5 Å². The van der Waals surface area contributed by atoms with E-state index < -0.39 is 16.0 Å². The van der Waals surface area contributed by atoms with Crippen molar-refractivity contribution in [1.29, 1.82) is 0 Å². The number of rotatable bonds is 7. The van der Waals surface area contributed by atoms with E-state index >= 15 is 0 Å². The van der Waals surface area contributed by atoms with Crippen molar-refractivity contribution >= 4 is 33.3 Å². The lowest BCUT2D eigenvalue weighted by atomic mass is 10.0. The Morgan fingerprint density at radius 2 is 1.36 bits per heavy atom. The van der Waals surface area contributed by atoms with Crippen LogP contribution in [0, 0.1) is 0 Å². The maximum absolute atomic E-state index is 13.0. The summed E-state index contributed by atoms with van der Waals surface area (Å²) in [5, 5.41) is 0.00668. The fourth-order valence-corrected chi connectivity index (χ4v) is 4.74. The van der Waals surface area contributed by atoms with Gasteiger partial charge in [-0.25, -0.2) is 13.2 Å². The first-order valence-corrected chi connectivity index (χ1v) is 12.0. The highest BCUT2D eigenvalue weighted by atomic mass is 35.5. The van der Waals surface area contributed by atoms with E-state index in [0.717, 1.165) is 5.56 Å². The van der Waals surface area contributed by atoms with Crippen LogP contribution in [0.1, 0.15) is 21.5 Å². The molecule has 0 radical (unpaired) electrons. The lowest BCUT2D eigenvalue weighted by Gasteiger charge is -2.17. The van der Waals surface area contributed by atoms with Gasteiger partial charge < -0.3 is 4.74 Å². The third kappa shape index (κ3) is 5.42. The maximum Gasteiger partial charge on any atom is 0.343 e. The Bertz CT molecular complexity index is 1360. The van der Waals surface area contributed by atoms with Crippen LogP contribution in [0.3, 0.4) is 0 Å². The van der Waals surface area contributed by atoms with Gasteiger partial charge >= 0.3 is 5.97 Å². The number of carbonyl (C=O) groups is 1. The summed E-state index contributed by atoms with van der Waals surface area (Å²) < 4.78 is 34.2. The molecule has 4 aromatic rings. The molecule has 4 rings (SSSR count). The molecule has 0 atom stereocenters. The highest BCUT2D eigenvalue weighted by Gasteiger charge is 2.22. The Morgan fingerprint density at radius 3 is 2.00 bits per heavy atom. The second-order valence-electron chi connectivity index (χ2n) is 7.25. The van der Waals surface area contributed by atoms with Crippen molar-refractivity contribution in [3.63, 3.8) is 0 Å². The number of nitrogens with one attached hydrogen (secondary N) is 1. The molecule has 0 aliphatic carbocycles. The van der Waals surface area contributed by atoms with Crippen LogP contribution >= 0.6 is 11.6 Å². The lowest BCUT2D eigenvalue weighted by molar-refractivity contribution is 0.0735. The van der Waals surface area contributed by atoms with Crippen molar-refractivity contribution in [3.8, 4) is 5.75 Å². The summed E-state index contributed by atoms with van der Waals surface area (Å²) in [6, 6.07) is 29.3. The monoisotopic (exact) mass is 477 g/mol. The molecule has 0 aliphatic rings. The summed E-state index contributed by atoms with van der Waals surface area (Å²) in [5.41, 5.74) is 2.14. The van der Waals surface area contributed by atoms with Gasteiger partial charge in [0, 0.05) is 0 Å². The molecule has 0 fully saturated rings. The third-order valence-electron chi connectivity index (χ3n) is 4.93. The first-order valence-electron chi connectivity index (χ1n) is 10.1. The third-order valence-corrected chi connectivity index (χ3v) is 6.67. The molecule has 0 saturated heterocycles. The predicted octanol–water partition coefficient (Wildman–Crippen LogP) is 5.95.